The van der Waals surface area contributed by atoms with Gasteiger partial charge in [0.25, 0.3) is 5.91 Å². The summed E-state index contributed by atoms with van der Waals surface area (Å²) < 4.78 is 5.93. The Morgan fingerprint density at radius 3 is 2.48 bits per heavy atom. The molecule has 0 aromatic heterocycles. The normalized spacial score (nSPS) is 15.8. The van der Waals surface area contributed by atoms with Gasteiger partial charge in [0.1, 0.15) is 5.75 Å². The van der Waals surface area contributed by atoms with E-state index in [1.165, 1.54) is 17.1 Å². The molecule has 3 rings (SSSR count). The number of hydrogen-bond donors (Lipinski definition) is 1. The first kappa shape index (κ1) is 18.2. The van der Waals surface area contributed by atoms with Crippen LogP contribution in [0.1, 0.15) is 44.6 Å². The van der Waals surface area contributed by atoms with Crippen molar-refractivity contribution >= 4 is 29.4 Å². The van der Waals surface area contributed by atoms with Gasteiger partial charge >= 0.3 is 0 Å². The van der Waals surface area contributed by atoms with E-state index in [-0.39, 0.29) is 11.9 Å². The van der Waals surface area contributed by atoms with E-state index in [2.05, 4.69) is 23.5 Å². The summed E-state index contributed by atoms with van der Waals surface area (Å²) in [6.07, 6.45) is 0. The van der Waals surface area contributed by atoms with Crippen LogP contribution in [0.15, 0.2) is 42.5 Å². The number of thioether (sulfide) groups is 2. The lowest BCUT2D eigenvalue weighted by atomic mass is 10.0. The maximum absolute atomic E-state index is 12.6. The van der Waals surface area contributed by atoms with E-state index in [9.17, 15) is 4.79 Å². The number of amides is 1. The molecule has 1 N–H and O–H groups in total. The van der Waals surface area contributed by atoms with E-state index < -0.39 is 0 Å². The summed E-state index contributed by atoms with van der Waals surface area (Å²) in [5.74, 6) is 3.14. The second-order valence-corrected chi connectivity index (χ2v) is 8.86. The molecule has 0 bridgehead atoms. The molecule has 3 nitrogen and oxygen atoms in total. The van der Waals surface area contributed by atoms with E-state index >= 15 is 0 Å². The first-order valence-electron chi connectivity index (χ1n) is 8.37. The number of carbonyl (C=O) groups is 1. The van der Waals surface area contributed by atoms with Gasteiger partial charge < -0.3 is 10.1 Å². The number of hydrogen-bond acceptors (Lipinski definition) is 4. The first-order valence-corrected chi connectivity index (χ1v) is 10.5. The third-order valence-corrected chi connectivity index (χ3v) is 7.37. The smallest absolute Gasteiger partial charge is 0.251 e. The van der Waals surface area contributed by atoms with Crippen LogP contribution < -0.4 is 10.1 Å². The van der Waals surface area contributed by atoms with E-state index in [1.54, 1.807) is 7.11 Å². The molecule has 2 aromatic carbocycles. The number of aryl methyl sites for hydroxylation is 1. The minimum absolute atomic E-state index is 0.0608. The third-order valence-electron chi connectivity index (χ3n) is 4.27. The summed E-state index contributed by atoms with van der Waals surface area (Å²) >= 11 is 3.94. The molecule has 1 heterocycles. The second kappa shape index (κ2) is 8.19. The zero-order valence-corrected chi connectivity index (χ0v) is 16.4. The summed E-state index contributed by atoms with van der Waals surface area (Å²) in [6, 6.07) is 13.9. The zero-order chi connectivity index (χ0) is 17.8. The molecule has 0 unspecified atom stereocenters. The summed E-state index contributed by atoms with van der Waals surface area (Å²) in [5, 5.41) is 3.07. The average Bonchev–Trinajstić information content (AvgIpc) is 3.16. The van der Waals surface area contributed by atoms with Gasteiger partial charge in [0.05, 0.1) is 17.7 Å². The zero-order valence-electron chi connectivity index (χ0n) is 14.7. The van der Waals surface area contributed by atoms with Gasteiger partial charge in [-0.05, 0) is 37.6 Å². The fourth-order valence-corrected chi connectivity index (χ4v) is 5.75. The van der Waals surface area contributed by atoms with Gasteiger partial charge in [-0.25, -0.2) is 0 Å². The SMILES string of the molecule is COc1ccc(C)cc1[C@@H](C)NC(=O)c1ccc(C2SCCS2)cc1. The highest BCUT2D eigenvalue weighted by Gasteiger charge is 2.19. The van der Waals surface area contributed by atoms with Gasteiger partial charge in [-0.15, -0.1) is 23.5 Å². The second-order valence-electron chi connectivity index (χ2n) is 6.14. The van der Waals surface area contributed by atoms with Crippen LogP contribution in [0.2, 0.25) is 0 Å². The van der Waals surface area contributed by atoms with Crippen LogP contribution in [0, 0.1) is 6.92 Å². The Hall–Kier alpha value is -1.59. The van der Waals surface area contributed by atoms with Crippen molar-refractivity contribution in [3.05, 3.63) is 64.7 Å². The molecule has 5 heteroatoms. The predicted molar refractivity (Wildman–Crippen MR) is 108 cm³/mol. The van der Waals surface area contributed by atoms with Gasteiger partial charge in [-0.1, -0.05) is 29.8 Å². The van der Waals surface area contributed by atoms with Crippen molar-refractivity contribution in [3.63, 3.8) is 0 Å². The number of nitrogens with one attached hydrogen (secondary N) is 1. The molecule has 0 aliphatic carbocycles. The summed E-state index contributed by atoms with van der Waals surface area (Å²) in [7, 11) is 1.65. The highest BCUT2D eigenvalue weighted by molar-refractivity contribution is 8.19. The lowest BCUT2D eigenvalue weighted by Gasteiger charge is -2.18. The van der Waals surface area contributed by atoms with Crippen molar-refractivity contribution in [1.29, 1.82) is 0 Å². The van der Waals surface area contributed by atoms with Crippen LogP contribution in [0.5, 0.6) is 5.75 Å². The lowest BCUT2D eigenvalue weighted by molar-refractivity contribution is 0.0939. The molecule has 0 spiro atoms. The minimum atomic E-state index is -0.122. The molecule has 0 radical (unpaired) electrons. The molecule has 25 heavy (non-hydrogen) atoms. The molecule has 132 valence electrons. The van der Waals surface area contributed by atoms with Gasteiger partial charge in [0.15, 0.2) is 0 Å². The number of rotatable bonds is 5. The number of ether oxygens (including phenoxy) is 1. The number of benzene rings is 2. The van der Waals surface area contributed by atoms with Crippen molar-refractivity contribution < 1.29 is 9.53 Å². The van der Waals surface area contributed by atoms with Crippen molar-refractivity contribution in [3.8, 4) is 5.75 Å². The quantitative estimate of drug-likeness (QED) is 0.803. The fourth-order valence-electron chi connectivity index (χ4n) is 2.89. The third kappa shape index (κ3) is 4.33. The van der Waals surface area contributed by atoms with Crippen LogP contribution in [0.25, 0.3) is 0 Å². The van der Waals surface area contributed by atoms with Crippen molar-refractivity contribution in [2.45, 2.75) is 24.5 Å². The molecule has 1 amide bonds. The van der Waals surface area contributed by atoms with Gasteiger partial charge in [-0.3, -0.25) is 4.79 Å². The summed E-state index contributed by atoms with van der Waals surface area (Å²) in [6.45, 7) is 4.02. The molecule has 0 saturated carbocycles. The first-order chi connectivity index (χ1) is 12.1. The standard InChI is InChI=1S/C20H23NO2S2/c1-13-4-9-18(23-3)17(12-13)14(2)21-19(22)15-5-7-16(8-6-15)20-24-10-11-25-20/h4-9,12,14,20H,10-11H2,1-3H3,(H,21,22)/t14-/m1/s1. The van der Waals surface area contributed by atoms with E-state index in [4.69, 9.17) is 4.74 Å². The highest BCUT2D eigenvalue weighted by atomic mass is 32.2. The Kier molecular flexibility index (Phi) is 5.97. The molecule has 1 aliphatic heterocycles. The van der Waals surface area contributed by atoms with Crippen molar-refractivity contribution in [2.75, 3.05) is 18.6 Å². The van der Waals surface area contributed by atoms with Crippen molar-refractivity contribution in [2.24, 2.45) is 0 Å². The maximum atomic E-state index is 12.6. The lowest BCUT2D eigenvalue weighted by Crippen LogP contribution is -2.27. The van der Waals surface area contributed by atoms with Crippen LogP contribution in [-0.4, -0.2) is 24.5 Å². The van der Waals surface area contributed by atoms with Crippen LogP contribution >= 0.6 is 23.5 Å². The predicted octanol–water partition coefficient (Wildman–Crippen LogP) is 4.97. The van der Waals surface area contributed by atoms with Crippen molar-refractivity contribution in [1.82, 2.24) is 5.32 Å². The molecule has 1 aliphatic rings. The Bertz CT molecular complexity index is 740. The summed E-state index contributed by atoms with van der Waals surface area (Å²) in [5.41, 5.74) is 4.12. The Morgan fingerprint density at radius 1 is 1.16 bits per heavy atom. The Labute approximate surface area is 157 Å². The molecular weight excluding hydrogens is 350 g/mol. The van der Waals surface area contributed by atoms with Gasteiger partial charge in [0.2, 0.25) is 0 Å². The highest BCUT2D eigenvalue weighted by Crippen LogP contribution is 2.45. The number of carbonyl (C=O) groups excluding carboxylic acids is 1. The van der Waals surface area contributed by atoms with E-state index in [1.807, 2.05) is 61.6 Å². The molecule has 1 fully saturated rings. The van der Waals surface area contributed by atoms with Crippen LogP contribution in [-0.2, 0) is 0 Å². The average molecular weight is 374 g/mol. The van der Waals surface area contributed by atoms with Gasteiger partial charge in [-0.2, -0.15) is 0 Å². The number of methoxy groups -OCH3 is 1. The van der Waals surface area contributed by atoms with Gasteiger partial charge in [0, 0.05) is 22.6 Å². The monoisotopic (exact) mass is 373 g/mol. The minimum Gasteiger partial charge on any atom is -0.496 e. The Balaban J connectivity index is 1.70. The molecule has 1 atom stereocenters. The van der Waals surface area contributed by atoms with Crippen LogP contribution in [0.4, 0.5) is 0 Å². The Morgan fingerprint density at radius 2 is 1.84 bits per heavy atom. The molecule has 2 aromatic rings. The molecular formula is C20H23NO2S2. The molecule has 1 saturated heterocycles. The largest absolute Gasteiger partial charge is 0.496 e. The fraction of sp³-hybridized carbons (Fsp3) is 0.350. The summed E-state index contributed by atoms with van der Waals surface area (Å²) in [4.78, 5) is 12.6. The van der Waals surface area contributed by atoms with E-state index in [0.29, 0.717) is 10.1 Å². The topological polar surface area (TPSA) is 38.3 Å². The van der Waals surface area contributed by atoms with E-state index in [0.717, 1.165) is 16.9 Å². The maximum Gasteiger partial charge on any atom is 0.251 e. The van der Waals surface area contributed by atoms with Crippen LogP contribution in [0.3, 0.4) is 0 Å².